The van der Waals surface area contributed by atoms with Gasteiger partial charge in [-0.25, -0.2) is 26.7 Å². The molecule has 1 heterocycles. The molecule has 0 aromatic heterocycles. The van der Waals surface area contributed by atoms with Crippen molar-refractivity contribution in [1.29, 1.82) is 0 Å². The van der Waals surface area contributed by atoms with Crippen molar-refractivity contribution in [2.45, 2.75) is 51.7 Å². The molecule has 44 heavy (non-hydrogen) atoms. The summed E-state index contributed by atoms with van der Waals surface area (Å²) in [4.78, 5) is 19.4. The van der Waals surface area contributed by atoms with Gasteiger partial charge < -0.3 is 4.74 Å². The summed E-state index contributed by atoms with van der Waals surface area (Å²) in [5, 5.41) is 1.63. The Morgan fingerprint density at radius 3 is 1.86 bits per heavy atom. The molecule has 4 atom stereocenters. The highest BCUT2D eigenvalue weighted by molar-refractivity contribution is 9.10. The van der Waals surface area contributed by atoms with Gasteiger partial charge >= 0.3 is 5.97 Å². The minimum atomic E-state index is -4.40. The Hall–Kier alpha value is -3.51. The van der Waals surface area contributed by atoms with Crippen LogP contribution in [0.25, 0.3) is 0 Å². The first-order valence-corrected chi connectivity index (χ1v) is 18.1. The van der Waals surface area contributed by atoms with E-state index in [1.165, 1.54) is 24.3 Å². The maximum absolute atomic E-state index is 14.3. The van der Waals surface area contributed by atoms with Crippen molar-refractivity contribution in [3.8, 4) is 0 Å². The summed E-state index contributed by atoms with van der Waals surface area (Å²) in [5.41, 5.74) is 2.22. The number of anilines is 1. The Kier molecular flexibility index (Phi) is 8.40. The molecule has 0 saturated carbocycles. The van der Waals surface area contributed by atoms with Gasteiger partial charge in [-0.1, -0.05) is 76.6 Å². The number of rotatable bonds is 9. The zero-order valence-corrected chi connectivity index (χ0v) is 26.9. The van der Waals surface area contributed by atoms with Gasteiger partial charge in [0, 0.05) is 16.3 Å². The number of sulfone groups is 2. The molecule has 1 aliphatic heterocycles. The van der Waals surface area contributed by atoms with E-state index in [-0.39, 0.29) is 22.8 Å². The maximum atomic E-state index is 14.3. The van der Waals surface area contributed by atoms with Gasteiger partial charge in [0.1, 0.15) is 0 Å². The molecule has 228 valence electrons. The fraction of sp³-hybridized carbons (Fsp3) is 0.242. The number of fused-ring (bicyclic) bond motifs is 3. The molecular formula is C33H30BrNO7S2. The molecule has 0 amide bonds. The number of benzene rings is 4. The molecule has 6 rings (SSSR count). The van der Waals surface area contributed by atoms with Crippen LogP contribution in [-0.2, 0) is 34.0 Å². The molecule has 0 spiro atoms. The number of hydrogen-bond acceptors (Lipinski definition) is 8. The number of carbonyl (C=O) groups excluding carboxylic acids is 1. The zero-order chi connectivity index (χ0) is 31.1. The van der Waals surface area contributed by atoms with Crippen LogP contribution in [0.3, 0.4) is 0 Å². The predicted octanol–water partition coefficient (Wildman–Crippen LogP) is 6.05. The van der Waals surface area contributed by atoms with Crippen LogP contribution in [0.4, 0.5) is 5.69 Å². The first kappa shape index (κ1) is 30.5. The molecule has 0 radical (unpaired) electrons. The average Bonchev–Trinajstić information content (AvgIpc) is 3.57. The molecule has 0 unspecified atom stereocenters. The van der Waals surface area contributed by atoms with Gasteiger partial charge in [-0.05, 0) is 73.0 Å². The minimum absolute atomic E-state index is 0.0795. The Morgan fingerprint density at radius 1 is 0.795 bits per heavy atom. The molecule has 2 aliphatic rings. The lowest BCUT2D eigenvalue weighted by Gasteiger charge is -2.31. The van der Waals surface area contributed by atoms with Gasteiger partial charge in [-0.3, -0.25) is 4.84 Å². The maximum Gasteiger partial charge on any atom is 0.338 e. The Bertz CT molecular complexity index is 1800. The van der Waals surface area contributed by atoms with E-state index in [2.05, 4.69) is 15.9 Å². The minimum Gasteiger partial charge on any atom is -0.464 e. The van der Waals surface area contributed by atoms with Gasteiger partial charge in [0.25, 0.3) is 0 Å². The van der Waals surface area contributed by atoms with E-state index in [4.69, 9.17) is 9.57 Å². The molecule has 1 aliphatic carbocycles. The third kappa shape index (κ3) is 5.36. The third-order valence-corrected chi connectivity index (χ3v) is 13.9. The predicted molar refractivity (Wildman–Crippen MR) is 169 cm³/mol. The van der Waals surface area contributed by atoms with Crippen molar-refractivity contribution in [2.24, 2.45) is 0 Å². The van der Waals surface area contributed by atoms with Gasteiger partial charge in [-0.15, -0.1) is 0 Å². The highest BCUT2D eigenvalue weighted by atomic mass is 79.9. The summed E-state index contributed by atoms with van der Waals surface area (Å²) < 4.78 is 61.6. The second kappa shape index (κ2) is 12.1. The van der Waals surface area contributed by atoms with Crippen LogP contribution in [0.1, 0.15) is 36.3 Å². The number of esters is 1. The molecule has 0 N–H and O–H groups in total. The Balaban J connectivity index is 1.52. The number of ether oxygens (including phenoxy) is 1. The molecule has 1 fully saturated rings. The standard InChI is InChI=1S/C33H30BrNO7S2/c1-2-41-33(36)32-30-27-16-10-9-15-26(27)28(31(30)35(42-32)23-19-17-22(34)18-20-23)21-29(43(37,38)24-11-5-3-6-12-24)44(39,40)25-13-7-4-8-14-25/h3-20,28-32H,2,21H2,1H3/t28-,30-,31+,32-/m0/s1. The molecular weight excluding hydrogens is 666 g/mol. The van der Waals surface area contributed by atoms with Crippen molar-refractivity contribution in [2.75, 3.05) is 11.7 Å². The van der Waals surface area contributed by atoms with Crippen molar-refractivity contribution in [3.63, 3.8) is 0 Å². The molecule has 0 bridgehead atoms. The van der Waals surface area contributed by atoms with Crippen molar-refractivity contribution in [3.05, 3.63) is 125 Å². The van der Waals surface area contributed by atoms with Crippen molar-refractivity contribution in [1.82, 2.24) is 0 Å². The highest BCUT2D eigenvalue weighted by Crippen LogP contribution is 2.55. The number of hydroxylamine groups is 1. The van der Waals surface area contributed by atoms with Gasteiger partial charge in [0.05, 0.1) is 28.1 Å². The molecule has 4 aromatic carbocycles. The zero-order valence-electron chi connectivity index (χ0n) is 23.7. The fourth-order valence-corrected chi connectivity index (χ4v) is 11.2. The van der Waals surface area contributed by atoms with Crippen molar-refractivity contribution >= 4 is 47.3 Å². The van der Waals surface area contributed by atoms with Gasteiger partial charge in [-0.2, -0.15) is 0 Å². The Morgan fingerprint density at radius 2 is 1.32 bits per heavy atom. The van der Waals surface area contributed by atoms with Crippen LogP contribution in [0.2, 0.25) is 0 Å². The summed E-state index contributed by atoms with van der Waals surface area (Å²) in [6, 6.07) is 29.5. The van der Waals surface area contributed by atoms with Gasteiger partial charge in [0.15, 0.2) is 30.4 Å². The average molecular weight is 697 g/mol. The van der Waals surface area contributed by atoms with Crippen LogP contribution in [0.15, 0.2) is 123 Å². The van der Waals surface area contributed by atoms with E-state index in [0.717, 1.165) is 15.6 Å². The van der Waals surface area contributed by atoms with Crippen LogP contribution in [0, 0.1) is 0 Å². The second-order valence-corrected chi connectivity index (χ2v) is 16.2. The number of hydrogen-bond donors (Lipinski definition) is 0. The molecule has 4 aromatic rings. The SMILES string of the molecule is CCOC(=O)[C@H]1ON(c2ccc(Br)cc2)[C@H]2[C@@H]1c1ccccc1[C@@H]2CC(S(=O)(=O)c1ccccc1)S(=O)(=O)c1ccccc1. The lowest BCUT2D eigenvalue weighted by Crippen LogP contribution is -2.38. The first-order chi connectivity index (χ1) is 21.1. The van der Waals surface area contributed by atoms with Crippen molar-refractivity contribution < 1.29 is 31.2 Å². The topological polar surface area (TPSA) is 107 Å². The third-order valence-electron chi connectivity index (χ3n) is 8.24. The van der Waals surface area contributed by atoms with Crippen LogP contribution in [0.5, 0.6) is 0 Å². The summed E-state index contributed by atoms with van der Waals surface area (Å²) >= 11 is 3.46. The van der Waals surface area contributed by atoms with Crippen LogP contribution in [-0.4, -0.2) is 46.1 Å². The second-order valence-electron chi connectivity index (χ2n) is 10.7. The Labute approximate surface area is 265 Å². The summed E-state index contributed by atoms with van der Waals surface area (Å²) in [6.07, 6.45) is -1.27. The van der Waals surface area contributed by atoms with Gasteiger partial charge in [0.2, 0.25) is 0 Å². The number of halogens is 1. The van der Waals surface area contributed by atoms with E-state index in [9.17, 15) is 21.6 Å². The lowest BCUT2D eigenvalue weighted by molar-refractivity contribution is -0.155. The van der Waals surface area contributed by atoms with E-state index in [0.29, 0.717) is 5.69 Å². The quantitative estimate of drug-likeness (QED) is 0.195. The van der Waals surface area contributed by atoms with E-state index in [1.54, 1.807) is 48.4 Å². The van der Waals surface area contributed by atoms with E-state index in [1.807, 2.05) is 48.5 Å². The smallest absolute Gasteiger partial charge is 0.338 e. The summed E-state index contributed by atoms with van der Waals surface area (Å²) in [7, 11) is -8.79. The normalized spacial score (nSPS) is 21.2. The van der Waals surface area contributed by atoms with E-state index >= 15 is 0 Å². The van der Waals surface area contributed by atoms with Crippen LogP contribution >= 0.6 is 15.9 Å². The molecule has 11 heteroatoms. The monoisotopic (exact) mass is 695 g/mol. The van der Waals surface area contributed by atoms with E-state index < -0.39 is 54.2 Å². The van der Waals surface area contributed by atoms with Crippen LogP contribution < -0.4 is 5.06 Å². The first-order valence-electron chi connectivity index (χ1n) is 14.2. The fourth-order valence-electron chi connectivity index (χ4n) is 6.33. The molecule has 8 nitrogen and oxygen atoms in total. The summed E-state index contributed by atoms with van der Waals surface area (Å²) in [6.45, 7) is 1.88. The number of carbonyl (C=O) groups is 1. The molecule has 1 saturated heterocycles. The summed E-state index contributed by atoms with van der Waals surface area (Å²) in [5.74, 6) is -1.71. The number of nitrogens with zero attached hydrogens (tertiary/aromatic N) is 1. The lowest BCUT2D eigenvalue weighted by atomic mass is 9.89. The largest absolute Gasteiger partial charge is 0.464 e. The highest BCUT2D eigenvalue weighted by Gasteiger charge is 2.58.